The van der Waals surface area contributed by atoms with E-state index in [1.54, 1.807) is 24.3 Å². The summed E-state index contributed by atoms with van der Waals surface area (Å²) in [7, 11) is 0. The van der Waals surface area contributed by atoms with Gasteiger partial charge in [0.05, 0.1) is 12.6 Å². The van der Waals surface area contributed by atoms with Crippen molar-refractivity contribution < 1.29 is 19.4 Å². The fourth-order valence-electron chi connectivity index (χ4n) is 1.40. The minimum atomic E-state index is -0.560. The van der Waals surface area contributed by atoms with E-state index < -0.39 is 5.91 Å². The summed E-state index contributed by atoms with van der Waals surface area (Å²) in [5.41, 5.74) is 5.41. The lowest BCUT2D eigenvalue weighted by molar-refractivity contribution is -0.119. The van der Waals surface area contributed by atoms with E-state index in [9.17, 15) is 9.59 Å². The third-order valence-electron chi connectivity index (χ3n) is 2.55. The molecule has 6 heteroatoms. The van der Waals surface area contributed by atoms with Crippen molar-refractivity contribution in [3.63, 3.8) is 0 Å². The second-order valence-corrected chi connectivity index (χ2v) is 4.04. The first-order valence-electron chi connectivity index (χ1n) is 5.99. The molecule has 1 atom stereocenters. The summed E-state index contributed by atoms with van der Waals surface area (Å²) in [5.74, 6) is -0.359. The van der Waals surface area contributed by atoms with E-state index in [1.807, 2.05) is 6.92 Å². The van der Waals surface area contributed by atoms with Gasteiger partial charge in [-0.1, -0.05) is 6.92 Å². The molecule has 0 saturated heterocycles. The summed E-state index contributed by atoms with van der Waals surface area (Å²) < 4.78 is 5.08. The van der Waals surface area contributed by atoms with E-state index in [-0.39, 0.29) is 25.2 Å². The Morgan fingerprint density at radius 2 is 2.00 bits per heavy atom. The van der Waals surface area contributed by atoms with Gasteiger partial charge in [0.15, 0.2) is 6.61 Å². The Hall–Kier alpha value is -2.08. The van der Waals surface area contributed by atoms with Crippen LogP contribution in [0.2, 0.25) is 0 Å². The molecule has 2 amide bonds. The van der Waals surface area contributed by atoms with Crippen LogP contribution in [-0.4, -0.2) is 36.2 Å². The number of amides is 2. The lowest BCUT2D eigenvalue weighted by atomic mass is 10.1. The molecule has 0 saturated carbocycles. The zero-order valence-corrected chi connectivity index (χ0v) is 10.8. The number of carbonyl (C=O) groups is 2. The van der Waals surface area contributed by atoms with Crippen LogP contribution in [-0.2, 0) is 4.79 Å². The number of nitrogens with two attached hydrogens (primary N) is 1. The largest absolute Gasteiger partial charge is 0.484 e. The molecule has 0 aliphatic carbocycles. The Bertz CT molecular complexity index is 427. The van der Waals surface area contributed by atoms with Crippen LogP contribution in [0, 0.1) is 0 Å². The molecule has 1 aromatic carbocycles. The number of hydrogen-bond acceptors (Lipinski definition) is 4. The van der Waals surface area contributed by atoms with Crippen LogP contribution in [0.3, 0.4) is 0 Å². The highest BCUT2D eigenvalue weighted by atomic mass is 16.5. The van der Waals surface area contributed by atoms with Crippen molar-refractivity contribution in [2.75, 3.05) is 13.2 Å². The lowest BCUT2D eigenvalue weighted by Gasteiger charge is -2.14. The maximum absolute atomic E-state index is 11.8. The Kier molecular flexibility index (Phi) is 5.81. The van der Waals surface area contributed by atoms with Crippen LogP contribution in [0.1, 0.15) is 23.7 Å². The number of hydrogen-bond donors (Lipinski definition) is 3. The number of rotatable bonds is 7. The summed E-state index contributed by atoms with van der Waals surface area (Å²) in [4.78, 5) is 22.4. The summed E-state index contributed by atoms with van der Waals surface area (Å²) in [6.45, 7) is 1.58. The van der Waals surface area contributed by atoms with Crippen molar-refractivity contribution in [2.45, 2.75) is 19.4 Å². The molecule has 4 N–H and O–H groups in total. The van der Waals surface area contributed by atoms with E-state index in [0.717, 1.165) is 0 Å². The van der Waals surface area contributed by atoms with E-state index in [0.29, 0.717) is 17.7 Å². The molecular formula is C13H18N2O4. The van der Waals surface area contributed by atoms with Crippen LogP contribution < -0.4 is 15.8 Å². The zero-order chi connectivity index (χ0) is 14.3. The van der Waals surface area contributed by atoms with Crippen LogP contribution in [0.15, 0.2) is 24.3 Å². The number of ether oxygens (including phenoxy) is 1. The lowest BCUT2D eigenvalue weighted by Crippen LogP contribution is -2.36. The van der Waals surface area contributed by atoms with Gasteiger partial charge >= 0.3 is 0 Å². The second-order valence-electron chi connectivity index (χ2n) is 4.04. The quantitative estimate of drug-likeness (QED) is 0.649. The van der Waals surface area contributed by atoms with Crippen LogP contribution in [0.5, 0.6) is 5.75 Å². The predicted molar refractivity (Wildman–Crippen MR) is 69.8 cm³/mol. The Labute approximate surface area is 111 Å². The van der Waals surface area contributed by atoms with Crippen molar-refractivity contribution >= 4 is 11.8 Å². The fraction of sp³-hybridized carbons (Fsp3) is 0.385. The van der Waals surface area contributed by atoms with Gasteiger partial charge in [0.25, 0.3) is 11.8 Å². The Morgan fingerprint density at radius 1 is 1.37 bits per heavy atom. The van der Waals surface area contributed by atoms with Gasteiger partial charge in [-0.2, -0.15) is 0 Å². The molecule has 1 unspecified atom stereocenters. The summed E-state index contributed by atoms with van der Waals surface area (Å²) in [5, 5.41) is 11.7. The topological polar surface area (TPSA) is 102 Å². The molecule has 1 rings (SSSR count). The number of nitrogens with one attached hydrogen (secondary N) is 1. The number of carbonyl (C=O) groups excluding carboxylic acids is 2. The highest BCUT2D eigenvalue weighted by Crippen LogP contribution is 2.12. The van der Waals surface area contributed by atoms with Gasteiger partial charge in [0.2, 0.25) is 0 Å². The third-order valence-corrected chi connectivity index (χ3v) is 2.55. The van der Waals surface area contributed by atoms with E-state index in [4.69, 9.17) is 15.6 Å². The molecule has 0 heterocycles. The average molecular weight is 266 g/mol. The van der Waals surface area contributed by atoms with Crippen LogP contribution in [0.4, 0.5) is 0 Å². The van der Waals surface area contributed by atoms with E-state index in [2.05, 4.69) is 5.32 Å². The fourth-order valence-corrected chi connectivity index (χ4v) is 1.40. The number of aliphatic hydroxyl groups is 1. The molecule has 6 nitrogen and oxygen atoms in total. The van der Waals surface area contributed by atoms with Gasteiger partial charge in [0, 0.05) is 5.56 Å². The van der Waals surface area contributed by atoms with Gasteiger partial charge in [-0.05, 0) is 30.7 Å². The summed E-state index contributed by atoms with van der Waals surface area (Å²) in [6, 6.07) is 6.07. The van der Waals surface area contributed by atoms with Gasteiger partial charge in [-0.25, -0.2) is 0 Å². The highest BCUT2D eigenvalue weighted by molar-refractivity contribution is 5.94. The molecule has 0 aliphatic rings. The maximum Gasteiger partial charge on any atom is 0.255 e. The standard InChI is InChI=1S/C13H18N2O4/c1-2-10(7-16)15-13(18)9-3-5-11(6-4-9)19-8-12(14)17/h3-6,10,16H,2,7-8H2,1H3,(H2,14,17)(H,15,18). The first kappa shape index (κ1) is 15.0. The van der Waals surface area contributed by atoms with Gasteiger partial charge in [-0.3, -0.25) is 9.59 Å². The van der Waals surface area contributed by atoms with Crippen LogP contribution >= 0.6 is 0 Å². The predicted octanol–water partition coefficient (Wildman–Crippen LogP) is 0.0514. The number of primary amides is 1. The normalized spacial score (nSPS) is 11.7. The summed E-state index contributed by atoms with van der Waals surface area (Å²) >= 11 is 0. The minimum Gasteiger partial charge on any atom is -0.484 e. The van der Waals surface area contributed by atoms with Crippen molar-refractivity contribution in [2.24, 2.45) is 5.73 Å². The minimum absolute atomic E-state index is 0.0952. The molecule has 19 heavy (non-hydrogen) atoms. The average Bonchev–Trinajstić information content (AvgIpc) is 2.42. The summed E-state index contributed by atoms with van der Waals surface area (Å²) in [6.07, 6.45) is 0.655. The number of benzene rings is 1. The molecule has 0 bridgehead atoms. The highest BCUT2D eigenvalue weighted by Gasteiger charge is 2.11. The van der Waals surface area contributed by atoms with Crippen molar-refractivity contribution in [3.8, 4) is 5.75 Å². The van der Waals surface area contributed by atoms with Crippen LogP contribution in [0.25, 0.3) is 0 Å². The molecule has 1 aromatic rings. The first-order valence-corrected chi connectivity index (χ1v) is 5.99. The Morgan fingerprint density at radius 3 is 2.47 bits per heavy atom. The SMILES string of the molecule is CCC(CO)NC(=O)c1ccc(OCC(N)=O)cc1. The number of aliphatic hydroxyl groups excluding tert-OH is 1. The maximum atomic E-state index is 11.8. The van der Waals surface area contributed by atoms with Crippen molar-refractivity contribution in [1.82, 2.24) is 5.32 Å². The zero-order valence-electron chi connectivity index (χ0n) is 10.8. The second kappa shape index (κ2) is 7.38. The van der Waals surface area contributed by atoms with Gasteiger partial charge in [-0.15, -0.1) is 0 Å². The first-order chi connectivity index (χ1) is 9.06. The van der Waals surface area contributed by atoms with E-state index in [1.165, 1.54) is 0 Å². The van der Waals surface area contributed by atoms with Crippen molar-refractivity contribution in [3.05, 3.63) is 29.8 Å². The van der Waals surface area contributed by atoms with Gasteiger partial charge in [0.1, 0.15) is 5.75 Å². The molecule has 104 valence electrons. The molecule has 0 aliphatic heterocycles. The molecular weight excluding hydrogens is 248 g/mol. The monoisotopic (exact) mass is 266 g/mol. The molecule has 0 spiro atoms. The molecule has 0 fully saturated rings. The Balaban J connectivity index is 2.60. The molecule has 0 aromatic heterocycles. The van der Waals surface area contributed by atoms with E-state index >= 15 is 0 Å². The molecule has 0 radical (unpaired) electrons. The van der Waals surface area contributed by atoms with Crippen molar-refractivity contribution in [1.29, 1.82) is 0 Å². The third kappa shape index (κ3) is 4.97. The van der Waals surface area contributed by atoms with Gasteiger partial charge < -0.3 is 20.9 Å². The smallest absolute Gasteiger partial charge is 0.255 e.